The van der Waals surface area contributed by atoms with Gasteiger partial charge in [0.2, 0.25) is 0 Å². The van der Waals surface area contributed by atoms with E-state index in [2.05, 4.69) is 19.1 Å². The first-order valence-electron chi connectivity index (χ1n) is 11.7. The summed E-state index contributed by atoms with van der Waals surface area (Å²) in [5, 5.41) is 0.719. The lowest BCUT2D eigenvalue weighted by atomic mass is 10.0. The Morgan fingerprint density at radius 2 is 1.65 bits per heavy atom. The monoisotopic (exact) mass is 451 g/mol. The van der Waals surface area contributed by atoms with Crippen LogP contribution in [0.3, 0.4) is 0 Å². The summed E-state index contributed by atoms with van der Waals surface area (Å²) in [7, 11) is 0. The number of carbonyl (C=O) groups excluding carboxylic acids is 2. The van der Waals surface area contributed by atoms with Crippen LogP contribution in [0, 0.1) is 13.8 Å². The van der Waals surface area contributed by atoms with Crippen LogP contribution in [0.15, 0.2) is 72.8 Å². The number of para-hydroxylation sites is 1. The Labute approximate surface area is 200 Å². The molecule has 0 aliphatic carbocycles. The van der Waals surface area contributed by atoms with Crippen LogP contribution in [-0.2, 0) is 11.2 Å². The minimum absolute atomic E-state index is 0.231. The van der Waals surface area contributed by atoms with Crippen molar-refractivity contribution >= 4 is 22.7 Å². The first-order chi connectivity index (χ1) is 16.5. The largest absolute Gasteiger partial charge is 0.454 e. The van der Waals surface area contributed by atoms with E-state index in [9.17, 15) is 9.59 Å². The number of esters is 1. The molecule has 4 heteroatoms. The predicted molar refractivity (Wildman–Crippen MR) is 136 cm³/mol. The van der Waals surface area contributed by atoms with Gasteiger partial charge in [-0.1, -0.05) is 85.6 Å². The third-order valence-electron chi connectivity index (χ3n) is 6.04. The van der Waals surface area contributed by atoms with Gasteiger partial charge < -0.3 is 4.74 Å². The van der Waals surface area contributed by atoms with E-state index in [1.807, 2.05) is 56.3 Å². The molecule has 0 radical (unpaired) electrons. The highest BCUT2D eigenvalue weighted by Crippen LogP contribution is 2.28. The second-order valence-electron chi connectivity index (χ2n) is 8.69. The fraction of sp³-hybridized carbons (Fsp3) is 0.233. The Bertz CT molecular complexity index is 1320. The molecule has 0 amide bonds. The number of carbonyl (C=O) groups is 2. The molecule has 0 fully saturated rings. The number of aryl methyl sites for hydroxylation is 3. The third kappa shape index (κ3) is 5.23. The van der Waals surface area contributed by atoms with Crippen molar-refractivity contribution in [3.63, 3.8) is 0 Å². The van der Waals surface area contributed by atoms with Crippen molar-refractivity contribution in [1.82, 2.24) is 4.98 Å². The number of aromatic nitrogens is 1. The van der Waals surface area contributed by atoms with Crippen LogP contribution in [0.1, 0.15) is 57.2 Å². The van der Waals surface area contributed by atoms with Crippen LogP contribution in [0.4, 0.5) is 0 Å². The Balaban J connectivity index is 1.63. The molecule has 0 aliphatic rings. The smallest absolute Gasteiger partial charge is 0.339 e. The Morgan fingerprint density at radius 3 is 2.35 bits per heavy atom. The van der Waals surface area contributed by atoms with Crippen LogP contribution in [0.25, 0.3) is 22.2 Å². The Kier molecular flexibility index (Phi) is 7.17. The molecule has 3 aromatic carbocycles. The summed E-state index contributed by atoms with van der Waals surface area (Å²) in [6, 6.07) is 23.1. The van der Waals surface area contributed by atoms with E-state index in [1.54, 1.807) is 18.2 Å². The molecule has 0 saturated carbocycles. The lowest BCUT2D eigenvalue weighted by Crippen LogP contribution is -2.15. The average molecular weight is 452 g/mol. The molecule has 0 atom stereocenters. The highest BCUT2D eigenvalue weighted by atomic mass is 16.5. The molecule has 0 aliphatic heterocycles. The number of rotatable bonds is 8. The third-order valence-corrected chi connectivity index (χ3v) is 6.04. The molecule has 172 valence electrons. The van der Waals surface area contributed by atoms with Gasteiger partial charge in [0, 0.05) is 16.5 Å². The summed E-state index contributed by atoms with van der Waals surface area (Å²) in [6.07, 6.45) is 3.36. The fourth-order valence-corrected chi connectivity index (χ4v) is 3.96. The number of Topliss-reactive ketones (excluding diaryl/α,β-unsaturated/α-hetero) is 1. The Morgan fingerprint density at radius 1 is 0.912 bits per heavy atom. The summed E-state index contributed by atoms with van der Waals surface area (Å²) in [4.78, 5) is 30.5. The maximum Gasteiger partial charge on any atom is 0.339 e. The number of hydrogen-bond donors (Lipinski definition) is 0. The van der Waals surface area contributed by atoms with E-state index >= 15 is 0 Å². The SMILES string of the molecule is CCCCc1ccc(-c2cc(C(=O)OCC(=O)c3ccc(C)cc3)c3cccc(C)c3n2)cc1. The molecule has 0 unspecified atom stereocenters. The number of pyridine rings is 1. The minimum Gasteiger partial charge on any atom is -0.454 e. The van der Waals surface area contributed by atoms with E-state index in [0.29, 0.717) is 16.8 Å². The summed E-state index contributed by atoms with van der Waals surface area (Å²) < 4.78 is 5.46. The van der Waals surface area contributed by atoms with Crippen molar-refractivity contribution in [2.75, 3.05) is 6.61 Å². The highest BCUT2D eigenvalue weighted by molar-refractivity contribution is 6.06. The number of ketones is 1. The number of benzene rings is 3. The summed E-state index contributed by atoms with van der Waals surface area (Å²) in [5.41, 5.74) is 6.68. The first kappa shape index (κ1) is 23.4. The second-order valence-corrected chi connectivity index (χ2v) is 8.69. The molecule has 34 heavy (non-hydrogen) atoms. The van der Waals surface area contributed by atoms with Crippen molar-refractivity contribution in [2.45, 2.75) is 40.0 Å². The molecular formula is C30H29NO3. The zero-order valence-corrected chi connectivity index (χ0v) is 19.9. The average Bonchev–Trinajstić information content (AvgIpc) is 2.86. The van der Waals surface area contributed by atoms with Crippen molar-refractivity contribution < 1.29 is 14.3 Å². The maximum atomic E-state index is 13.1. The van der Waals surface area contributed by atoms with E-state index in [4.69, 9.17) is 9.72 Å². The van der Waals surface area contributed by atoms with Gasteiger partial charge in [-0.25, -0.2) is 9.78 Å². The standard InChI is InChI=1S/C30H29NO3/c1-4-5-8-22-12-16-23(17-13-22)27-18-26(25-9-6-7-21(3)29(25)31-27)30(33)34-19-28(32)24-14-10-20(2)11-15-24/h6-7,9-18H,4-5,8,19H2,1-3H3. The van der Waals surface area contributed by atoms with E-state index in [-0.39, 0.29) is 12.4 Å². The van der Waals surface area contributed by atoms with Gasteiger partial charge in [-0.15, -0.1) is 0 Å². The number of unbranched alkanes of at least 4 members (excludes halogenated alkanes) is 1. The summed E-state index contributed by atoms with van der Waals surface area (Å²) >= 11 is 0. The van der Waals surface area contributed by atoms with Crippen LogP contribution >= 0.6 is 0 Å². The van der Waals surface area contributed by atoms with Gasteiger partial charge in [0.1, 0.15) is 0 Å². The van der Waals surface area contributed by atoms with E-state index in [0.717, 1.165) is 46.9 Å². The van der Waals surface area contributed by atoms with Gasteiger partial charge in [-0.3, -0.25) is 4.79 Å². The van der Waals surface area contributed by atoms with E-state index in [1.165, 1.54) is 5.56 Å². The first-order valence-corrected chi connectivity index (χ1v) is 11.7. The number of ether oxygens (including phenoxy) is 1. The molecule has 4 rings (SSSR count). The van der Waals surface area contributed by atoms with Crippen LogP contribution < -0.4 is 0 Å². The molecule has 0 N–H and O–H groups in total. The quantitative estimate of drug-likeness (QED) is 0.216. The summed E-state index contributed by atoms with van der Waals surface area (Å²) in [5.74, 6) is -0.759. The van der Waals surface area contributed by atoms with Crippen LogP contribution in [0.2, 0.25) is 0 Å². The summed E-state index contributed by atoms with van der Waals surface area (Å²) in [6.45, 7) is 5.81. The molecule has 0 bridgehead atoms. The van der Waals surface area contributed by atoms with Crippen molar-refractivity contribution in [3.8, 4) is 11.3 Å². The van der Waals surface area contributed by atoms with Crippen molar-refractivity contribution in [3.05, 3.63) is 101 Å². The van der Waals surface area contributed by atoms with Gasteiger partial charge in [-0.2, -0.15) is 0 Å². The molecule has 4 aromatic rings. The number of nitrogens with zero attached hydrogens (tertiary/aromatic N) is 1. The molecular weight excluding hydrogens is 422 g/mol. The van der Waals surface area contributed by atoms with Crippen molar-refractivity contribution in [1.29, 1.82) is 0 Å². The molecule has 0 saturated heterocycles. The normalized spacial score (nSPS) is 10.9. The van der Waals surface area contributed by atoms with Gasteiger partial charge >= 0.3 is 5.97 Å². The van der Waals surface area contributed by atoms with Gasteiger partial charge in [-0.05, 0) is 43.9 Å². The second kappa shape index (κ2) is 10.4. The zero-order chi connectivity index (χ0) is 24.1. The van der Waals surface area contributed by atoms with E-state index < -0.39 is 5.97 Å². The molecule has 1 heterocycles. The van der Waals surface area contributed by atoms with Gasteiger partial charge in [0.05, 0.1) is 16.8 Å². The topological polar surface area (TPSA) is 56.3 Å². The van der Waals surface area contributed by atoms with Gasteiger partial charge in [0.25, 0.3) is 0 Å². The van der Waals surface area contributed by atoms with Gasteiger partial charge in [0.15, 0.2) is 12.4 Å². The molecule has 4 nitrogen and oxygen atoms in total. The molecule has 1 aromatic heterocycles. The Hall–Kier alpha value is -3.79. The zero-order valence-electron chi connectivity index (χ0n) is 19.9. The van der Waals surface area contributed by atoms with Crippen molar-refractivity contribution in [2.24, 2.45) is 0 Å². The van der Waals surface area contributed by atoms with Crippen LogP contribution in [-0.4, -0.2) is 23.3 Å². The fourth-order valence-electron chi connectivity index (χ4n) is 3.96. The minimum atomic E-state index is -0.528. The van der Waals surface area contributed by atoms with Crippen LogP contribution in [0.5, 0.6) is 0 Å². The predicted octanol–water partition coefficient (Wildman–Crippen LogP) is 6.90. The lowest BCUT2D eigenvalue weighted by Gasteiger charge is -2.12. The molecule has 0 spiro atoms. The number of hydrogen-bond acceptors (Lipinski definition) is 4. The maximum absolute atomic E-state index is 13.1. The lowest BCUT2D eigenvalue weighted by molar-refractivity contribution is 0.0476. The number of fused-ring (bicyclic) bond motifs is 1. The highest BCUT2D eigenvalue weighted by Gasteiger charge is 2.18.